The highest BCUT2D eigenvalue weighted by Crippen LogP contribution is 2.38. The van der Waals surface area contributed by atoms with Crippen molar-refractivity contribution in [2.75, 3.05) is 5.32 Å². The molecule has 0 fully saturated rings. The highest BCUT2D eigenvalue weighted by Gasteiger charge is 2.20. The van der Waals surface area contributed by atoms with E-state index in [2.05, 4.69) is 15.6 Å². The quantitative estimate of drug-likeness (QED) is 0.764. The van der Waals surface area contributed by atoms with Crippen molar-refractivity contribution < 1.29 is 19.4 Å². The summed E-state index contributed by atoms with van der Waals surface area (Å²) in [5.74, 6) is 0.222. The zero-order valence-corrected chi connectivity index (χ0v) is 14.7. The van der Waals surface area contributed by atoms with Crippen LogP contribution in [0.1, 0.15) is 25.8 Å². The first-order valence-corrected chi connectivity index (χ1v) is 8.44. The fourth-order valence-corrected chi connectivity index (χ4v) is 3.07. The van der Waals surface area contributed by atoms with Crippen molar-refractivity contribution in [3.8, 4) is 16.9 Å². The summed E-state index contributed by atoms with van der Waals surface area (Å²) in [5.41, 5.74) is 3.74. The molecule has 2 unspecified atom stereocenters. The number of hydrogen-bond donors (Lipinski definition) is 3. The molecule has 2 aromatic rings. The van der Waals surface area contributed by atoms with Crippen molar-refractivity contribution in [3.05, 3.63) is 42.2 Å². The highest BCUT2D eigenvalue weighted by atomic mass is 16.5. The fourth-order valence-electron chi connectivity index (χ4n) is 3.07. The van der Waals surface area contributed by atoms with Crippen molar-refractivity contribution in [3.63, 3.8) is 0 Å². The van der Waals surface area contributed by atoms with Crippen LogP contribution in [0.2, 0.25) is 0 Å². The van der Waals surface area contributed by atoms with Gasteiger partial charge in [0.05, 0.1) is 0 Å². The molecule has 1 aromatic heterocycles. The van der Waals surface area contributed by atoms with Crippen molar-refractivity contribution in [1.29, 1.82) is 0 Å². The molecule has 0 saturated heterocycles. The molecule has 1 aliphatic rings. The first-order chi connectivity index (χ1) is 12.4. The standard InChI is InChI=1S/C19H21N3O4/c1-11(7-12(2)21-19(24)25)18(23)22-14-3-4-16-15-5-6-20-9-13(15)10-26-17(16)8-14/h3-6,8-9,11-12,21H,7,10H2,1-2H3,(H,22,23)(H,24,25). The first-order valence-electron chi connectivity index (χ1n) is 8.44. The molecule has 0 saturated carbocycles. The molecule has 2 amide bonds. The van der Waals surface area contributed by atoms with E-state index >= 15 is 0 Å². The van der Waals surface area contributed by atoms with Crippen molar-refractivity contribution in [2.45, 2.75) is 32.9 Å². The van der Waals surface area contributed by atoms with E-state index in [1.807, 2.05) is 24.3 Å². The Labute approximate surface area is 151 Å². The van der Waals surface area contributed by atoms with Crippen LogP contribution in [0.25, 0.3) is 11.1 Å². The third-order valence-electron chi connectivity index (χ3n) is 4.35. The van der Waals surface area contributed by atoms with Crippen LogP contribution in [0.4, 0.5) is 10.5 Å². The lowest BCUT2D eigenvalue weighted by atomic mass is 9.98. The Morgan fingerprint density at radius 1 is 1.27 bits per heavy atom. The third kappa shape index (κ3) is 3.93. The number of carbonyl (C=O) groups excluding carboxylic acids is 1. The molecule has 3 rings (SSSR count). The van der Waals surface area contributed by atoms with E-state index in [4.69, 9.17) is 9.84 Å². The molecule has 2 atom stereocenters. The second-order valence-corrected chi connectivity index (χ2v) is 6.51. The summed E-state index contributed by atoms with van der Waals surface area (Å²) in [6.07, 6.45) is 2.87. The maximum atomic E-state index is 12.4. The monoisotopic (exact) mass is 355 g/mol. The van der Waals surface area contributed by atoms with Gasteiger partial charge in [0, 0.05) is 47.2 Å². The average molecular weight is 355 g/mol. The van der Waals surface area contributed by atoms with Crippen molar-refractivity contribution >= 4 is 17.7 Å². The number of nitrogens with zero attached hydrogens (tertiary/aromatic N) is 1. The third-order valence-corrected chi connectivity index (χ3v) is 4.35. The zero-order chi connectivity index (χ0) is 18.7. The van der Waals surface area contributed by atoms with Gasteiger partial charge in [-0.15, -0.1) is 0 Å². The molecule has 0 aliphatic carbocycles. The molecular weight excluding hydrogens is 334 g/mol. The average Bonchev–Trinajstić information content (AvgIpc) is 2.60. The molecule has 7 heteroatoms. The second-order valence-electron chi connectivity index (χ2n) is 6.51. The Balaban J connectivity index is 1.68. The lowest BCUT2D eigenvalue weighted by Crippen LogP contribution is -2.34. The number of ether oxygens (including phenoxy) is 1. The number of rotatable bonds is 5. The van der Waals surface area contributed by atoms with Gasteiger partial charge in [0.15, 0.2) is 0 Å². The minimum atomic E-state index is -1.09. The molecule has 0 radical (unpaired) electrons. The molecular formula is C19H21N3O4. The van der Waals surface area contributed by atoms with Gasteiger partial charge in [-0.1, -0.05) is 6.92 Å². The minimum absolute atomic E-state index is 0.163. The van der Waals surface area contributed by atoms with Gasteiger partial charge >= 0.3 is 6.09 Å². The van der Waals surface area contributed by atoms with E-state index in [-0.39, 0.29) is 17.9 Å². The summed E-state index contributed by atoms with van der Waals surface area (Å²) in [6, 6.07) is 7.21. The van der Waals surface area contributed by atoms with E-state index in [1.165, 1.54) is 0 Å². The van der Waals surface area contributed by atoms with E-state index in [1.54, 1.807) is 26.2 Å². The molecule has 0 spiro atoms. The van der Waals surface area contributed by atoms with E-state index in [0.29, 0.717) is 18.7 Å². The number of anilines is 1. The molecule has 26 heavy (non-hydrogen) atoms. The summed E-state index contributed by atoms with van der Waals surface area (Å²) in [4.78, 5) is 27.1. The lowest BCUT2D eigenvalue weighted by molar-refractivity contribution is -0.119. The Kier molecular flexibility index (Phi) is 5.06. The Morgan fingerprint density at radius 2 is 2.08 bits per heavy atom. The van der Waals surface area contributed by atoms with E-state index < -0.39 is 6.09 Å². The van der Waals surface area contributed by atoms with Crippen LogP contribution in [0.5, 0.6) is 5.75 Å². The van der Waals surface area contributed by atoms with Gasteiger partial charge in [-0.2, -0.15) is 0 Å². The Morgan fingerprint density at radius 3 is 2.85 bits per heavy atom. The summed E-state index contributed by atoms with van der Waals surface area (Å²) in [6.45, 7) is 3.95. The zero-order valence-electron chi connectivity index (χ0n) is 14.7. The first kappa shape index (κ1) is 17.7. The topological polar surface area (TPSA) is 101 Å². The maximum absolute atomic E-state index is 12.4. The summed E-state index contributed by atoms with van der Waals surface area (Å²) < 4.78 is 5.77. The van der Waals surface area contributed by atoms with Crippen LogP contribution in [-0.2, 0) is 11.4 Å². The largest absolute Gasteiger partial charge is 0.488 e. The number of benzene rings is 1. The van der Waals surface area contributed by atoms with Crippen LogP contribution in [0.3, 0.4) is 0 Å². The predicted octanol–water partition coefficient (Wildman–Crippen LogP) is 3.26. The Bertz CT molecular complexity index is 837. The van der Waals surface area contributed by atoms with E-state index in [0.717, 1.165) is 22.4 Å². The van der Waals surface area contributed by atoms with Crippen LogP contribution in [-0.4, -0.2) is 28.1 Å². The van der Waals surface area contributed by atoms with Crippen molar-refractivity contribution in [2.24, 2.45) is 5.92 Å². The number of carboxylic acid groups (broad SMARTS) is 1. The number of fused-ring (bicyclic) bond motifs is 3. The van der Waals surface area contributed by atoms with Gasteiger partial charge in [-0.3, -0.25) is 9.78 Å². The summed E-state index contributed by atoms with van der Waals surface area (Å²) >= 11 is 0. The summed E-state index contributed by atoms with van der Waals surface area (Å²) in [5, 5.41) is 13.9. The van der Waals surface area contributed by atoms with Gasteiger partial charge in [-0.05, 0) is 37.1 Å². The molecule has 1 aromatic carbocycles. The molecule has 136 valence electrons. The molecule has 7 nitrogen and oxygen atoms in total. The normalized spacial score (nSPS) is 14.2. The van der Waals surface area contributed by atoms with Crippen LogP contribution in [0.15, 0.2) is 36.7 Å². The molecule has 3 N–H and O–H groups in total. The Hall–Kier alpha value is -3.09. The van der Waals surface area contributed by atoms with Gasteiger partial charge in [0.2, 0.25) is 5.91 Å². The number of carbonyl (C=O) groups is 2. The van der Waals surface area contributed by atoms with Crippen LogP contribution >= 0.6 is 0 Å². The van der Waals surface area contributed by atoms with Crippen LogP contribution < -0.4 is 15.4 Å². The highest BCUT2D eigenvalue weighted by molar-refractivity contribution is 5.93. The minimum Gasteiger partial charge on any atom is -0.488 e. The number of hydrogen-bond acceptors (Lipinski definition) is 4. The molecule has 2 heterocycles. The van der Waals surface area contributed by atoms with Gasteiger partial charge in [0.25, 0.3) is 0 Å². The van der Waals surface area contributed by atoms with Gasteiger partial charge in [-0.25, -0.2) is 4.79 Å². The van der Waals surface area contributed by atoms with E-state index in [9.17, 15) is 9.59 Å². The van der Waals surface area contributed by atoms with Crippen LogP contribution in [0, 0.1) is 5.92 Å². The maximum Gasteiger partial charge on any atom is 0.404 e. The van der Waals surface area contributed by atoms with Gasteiger partial charge in [0.1, 0.15) is 12.4 Å². The number of pyridine rings is 1. The molecule has 0 bridgehead atoms. The second kappa shape index (κ2) is 7.43. The smallest absolute Gasteiger partial charge is 0.404 e. The fraction of sp³-hybridized carbons (Fsp3) is 0.316. The SMILES string of the molecule is CC(CC(C)C(=O)Nc1ccc2c(c1)OCc1cnccc1-2)NC(=O)O. The lowest BCUT2D eigenvalue weighted by Gasteiger charge is -2.21. The van der Waals surface area contributed by atoms with Gasteiger partial charge < -0.3 is 20.5 Å². The number of nitrogens with one attached hydrogen (secondary N) is 2. The van der Waals surface area contributed by atoms with Crippen molar-refractivity contribution in [1.82, 2.24) is 10.3 Å². The molecule has 1 aliphatic heterocycles. The predicted molar refractivity (Wildman–Crippen MR) is 97.0 cm³/mol. The summed E-state index contributed by atoms with van der Waals surface area (Å²) in [7, 11) is 0. The number of aromatic nitrogens is 1. The number of amides is 2.